The Morgan fingerprint density at radius 3 is 2.42 bits per heavy atom. The fraction of sp³-hybridized carbons (Fsp3) is 0.769. The number of carboxylic acid groups (broad SMARTS) is 1. The van der Waals surface area contributed by atoms with Gasteiger partial charge in [0.15, 0.2) is 0 Å². The van der Waals surface area contributed by atoms with Crippen molar-refractivity contribution in [1.29, 1.82) is 0 Å². The number of nitrogens with zero attached hydrogens (tertiary/aromatic N) is 2. The molecule has 19 heavy (non-hydrogen) atoms. The van der Waals surface area contributed by atoms with Crippen molar-refractivity contribution in [1.82, 2.24) is 9.80 Å². The van der Waals surface area contributed by atoms with Gasteiger partial charge in [-0.05, 0) is 12.3 Å². The van der Waals surface area contributed by atoms with Crippen molar-refractivity contribution < 1.29 is 19.5 Å². The molecule has 0 aromatic heterocycles. The number of carbonyl (C=O) groups is 3. The van der Waals surface area contributed by atoms with E-state index in [4.69, 9.17) is 0 Å². The zero-order valence-electron chi connectivity index (χ0n) is 11.5. The Labute approximate surface area is 112 Å². The molecular formula is C13H20N2O4. The summed E-state index contributed by atoms with van der Waals surface area (Å²) in [6.45, 7) is 4.69. The molecule has 2 rings (SSSR count). The predicted octanol–water partition coefficient (Wildman–Crippen LogP) is 0.176. The minimum atomic E-state index is -0.810. The van der Waals surface area contributed by atoms with Crippen LogP contribution in [0.4, 0.5) is 0 Å². The average Bonchev–Trinajstić information content (AvgIpc) is 2.88. The van der Waals surface area contributed by atoms with Gasteiger partial charge in [-0.1, -0.05) is 13.8 Å². The van der Waals surface area contributed by atoms with Crippen molar-refractivity contribution in [2.45, 2.75) is 32.7 Å². The summed E-state index contributed by atoms with van der Waals surface area (Å²) in [6, 6.07) is -0.475. The van der Waals surface area contributed by atoms with Crippen LogP contribution in [0.25, 0.3) is 0 Å². The molecule has 2 aliphatic rings. The number of imide groups is 1. The third-order valence-electron chi connectivity index (χ3n) is 4.66. The van der Waals surface area contributed by atoms with E-state index < -0.39 is 17.4 Å². The summed E-state index contributed by atoms with van der Waals surface area (Å²) in [7, 11) is 1.48. The third kappa shape index (κ3) is 2.04. The summed E-state index contributed by atoms with van der Waals surface area (Å²) in [5.74, 6) is -1.21. The highest BCUT2D eigenvalue weighted by molar-refractivity contribution is 6.05. The molecule has 2 heterocycles. The summed E-state index contributed by atoms with van der Waals surface area (Å²) in [6.07, 6.45) is 0.699. The highest BCUT2D eigenvalue weighted by Gasteiger charge is 2.51. The van der Waals surface area contributed by atoms with Crippen LogP contribution in [0.5, 0.6) is 0 Å². The van der Waals surface area contributed by atoms with E-state index in [0.717, 1.165) is 4.90 Å². The summed E-state index contributed by atoms with van der Waals surface area (Å²) >= 11 is 0. The van der Waals surface area contributed by atoms with Crippen molar-refractivity contribution in [2.24, 2.45) is 11.3 Å². The second-order valence-electron chi connectivity index (χ2n) is 5.85. The molecule has 2 atom stereocenters. The normalized spacial score (nSPS) is 32.6. The average molecular weight is 268 g/mol. The lowest BCUT2D eigenvalue weighted by atomic mass is 9.76. The van der Waals surface area contributed by atoms with Gasteiger partial charge < -0.3 is 5.11 Å². The Morgan fingerprint density at radius 1 is 1.42 bits per heavy atom. The summed E-state index contributed by atoms with van der Waals surface area (Å²) in [5.41, 5.74) is -0.801. The standard InChI is InChI=1S/C13H20N2O4/c1-8(2)13(12(18)19)4-5-15(7-13)9-6-10(16)14(3)11(9)17/h8-9H,4-7H2,1-3H3,(H,18,19). The van der Waals surface area contributed by atoms with Gasteiger partial charge in [0.25, 0.3) is 0 Å². The maximum Gasteiger partial charge on any atom is 0.311 e. The van der Waals surface area contributed by atoms with Gasteiger partial charge >= 0.3 is 5.97 Å². The molecule has 6 heteroatoms. The lowest BCUT2D eigenvalue weighted by Crippen LogP contribution is -2.44. The molecular weight excluding hydrogens is 248 g/mol. The minimum absolute atomic E-state index is 0.0000591. The Hall–Kier alpha value is -1.43. The number of likely N-dealkylation sites (tertiary alicyclic amines) is 2. The van der Waals surface area contributed by atoms with Crippen LogP contribution in [-0.2, 0) is 14.4 Å². The third-order valence-corrected chi connectivity index (χ3v) is 4.66. The number of likely N-dealkylation sites (N-methyl/N-ethyl adjacent to an activating group) is 1. The van der Waals surface area contributed by atoms with Crippen molar-refractivity contribution in [3.8, 4) is 0 Å². The quantitative estimate of drug-likeness (QED) is 0.739. The van der Waals surface area contributed by atoms with E-state index in [1.54, 1.807) is 0 Å². The van der Waals surface area contributed by atoms with E-state index in [1.165, 1.54) is 7.05 Å². The van der Waals surface area contributed by atoms with Crippen LogP contribution in [0.2, 0.25) is 0 Å². The Balaban J connectivity index is 2.17. The molecule has 2 unspecified atom stereocenters. The number of carbonyl (C=O) groups excluding carboxylic acids is 2. The van der Waals surface area contributed by atoms with Gasteiger partial charge in [0.05, 0.1) is 17.9 Å². The molecule has 6 nitrogen and oxygen atoms in total. The first kappa shape index (κ1) is 14.0. The van der Waals surface area contributed by atoms with E-state index >= 15 is 0 Å². The lowest BCUT2D eigenvalue weighted by molar-refractivity contribution is -0.151. The zero-order chi connectivity index (χ0) is 14.4. The fourth-order valence-electron chi connectivity index (χ4n) is 3.04. The first-order chi connectivity index (χ1) is 8.79. The van der Waals surface area contributed by atoms with Crippen LogP contribution in [0.15, 0.2) is 0 Å². The molecule has 0 aromatic rings. The molecule has 2 fully saturated rings. The Morgan fingerprint density at radius 2 is 2.05 bits per heavy atom. The molecule has 2 amide bonds. The number of aliphatic carboxylic acids is 1. The van der Waals surface area contributed by atoms with Crippen molar-refractivity contribution in [2.75, 3.05) is 20.1 Å². The summed E-state index contributed by atoms with van der Waals surface area (Å²) < 4.78 is 0. The van der Waals surface area contributed by atoms with Crippen LogP contribution in [0.3, 0.4) is 0 Å². The molecule has 0 aromatic carbocycles. The number of hydrogen-bond acceptors (Lipinski definition) is 4. The Bertz CT molecular complexity index is 434. The van der Waals surface area contributed by atoms with Gasteiger partial charge in [-0.2, -0.15) is 0 Å². The van der Waals surface area contributed by atoms with E-state index in [-0.39, 0.29) is 24.2 Å². The van der Waals surface area contributed by atoms with Crippen molar-refractivity contribution in [3.63, 3.8) is 0 Å². The summed E-state index contributed by atoms with van der Waals surface area (Å²) in [4.78, 5) is 38.1. The maximum absolute atomic E-state index is 12.0. The molecule has 0 saturated carbocycles. The van der Waals surface area contributed by atoms with Crippen LogP contribution in [0.1, 0.15) is 26.7 Å². The van der Waals surface area contributed by atoms with Crippen LogP contribution < -0.4 is 0 Å². The van der Waals surface area contributed by atoms with Crippen LogP contribution in [-0.4, -0.2) is 58.9 Å². The largest absolute Gasteiger partial charge is 0.481 e. The van der Waals surface area contributed by atoms with Crippen molar-refractivity contribution >= 4 is 17.8 Å². The zero-order valence-corrected chi connectivity index (χ0v) is 11.5. The highest BCUT2D eigenvalue weighted by Crippen LogP contribution is 2.40. The summed E-state index contributed by atoms with van der Waals surface area (Å²) in [5, 5.41) is 9.48. The van der Waals surface area contributed by atoms with E-state index in [9.17, 15) is 19.5 Å². The minimum Gasteiger partial charge on any atom is -0.481 e. The second-order valence-corrected chi connectivity index (χ2v) is 5.85. The second kappa shape index (κ2) is 4.59. The lowest BCUT2D eigenvalue weighted by Gasteiger charge is -2.30. The van der Waals surface area contributed by atoms with E-state index in [0.29, 0.717) is 19.5 Å². The fourth-order valence-corrected chi connectivity index (χ4v) is 3.04. The van der Waals surface area contributed by atoms with Gasteiger partial charge in [-0.25, -0.2) is 0 Å². The molecule has 2 saturated heterocycles. The molecule has 0 aliphatic carbocycles. The maximum atomic E-state index is 12.0. The number of amides is 2. The highest BCUT2D eigenvalue weighted by atomic mass is 16.4. The molecule has 106 valence electrons. The van der Waals surface area contributed by atoms with Gasteiger partial charge in [0.2, 0.25) is 11.8 Å². The first-order valence-corrected chi connectivity index (χ1v) is 6.57. The molecule has 0 bridgehead atoms. The molecule has 2 aliphatic heterocycles. The molecule has 0 radical (unpaired) electrons. The van der Waals surface area contributed by atoms with Gasteiger partial charge in [-0.15, -0.1) is 0 Å². The van der Waals surface area contributed by atoms with Gasteiger partial charge in [-0.3, -0.25) is 24.2 Å². The molecule has 1 N–H and O–H groups in total. The number of carboxylic acids is 1. The SMILES string of the molecule is CC(C)C1(C(=O)O)CCN(C2CC(=O)N(C)C2=O)C1. The van der Waals surface area contributed by atoms with E-state index in [1.807, 2.05) is 18.7 Å². The predicted molar refractivity (Wildman–Crippen MR) is 67.3 cm³/mol. The van der Waals surface area contributed by atoms with Crippen molar-refractivity contribution in [3.05, 3.63) is 0 Å². The monoisotopic (exact) mass is 268 g/mol. The first-order valence-electron chi connectivity index (χ1n) is 6.57. The Kier molecular flexibility index (Phi) is 3.38. The molecule has 0 spiro atoms. The van der Waals surface area contributed by atoms with Crippen LogP contribution >= 0.6 is 0 Å². The number of rotatable bonds is 3. The van der Waals surface area contributed by atoms with E-state index in [2.05, 4.69) is 0 Å². The van der Waals surface area contributed by atoms with Gasteiger partial charge in [0.1, 0.15) is 0 Å². The van der Waals surface area contributed by atoms with Crippen LogP contribution in [0, 0.1) is 11.3 Å². The topological polar surface area (TPSA) is 77.9 Å². The van der Waals surface area contributed by atoms with Gasteiger partial charge in [0, 0.05) is 20.1 Å². The number of hydrogen-bond donors (Lipinski definition) is 1. The smallest absolute Gasteiger partial charge is 0.311 e.